The third kappa shape index (κ3) is 4.55. The minimum absolute atomic E-state index is 0.0445. The highest BCUT2D eigenvalue weighted by Gasteiger charge is 2.33. The number of halogens is 2. The van der Waals surface area contributed by atoms with Gasteiger partial charge in [-0.05, 0) is 24.3 Å². The third-order valence-electron chi connectivity index (χ3n) is 5.48. The van der Waals surface area contributed by atoms with Gasteiger partial charge < -0.3 is 4.90 Å². The molecule has 0 aliphatic carbocycles. The molecule has 0 radical (unpaired) electrons. The third-order valence-corrected chi connectivity index (χ3v) is 7.39. The van der Waals surface area contributed by atoms with Crippen molar-refractivity contribution in [3.63, 3.8) is 0 Å². The van der Waals surface area contributed by atoms with E-state index in [0.717, 1.165) is 16.4 Å². The van der Waals surface area contributed by atoms with Gasteiger partial charge in [-0.25, -0.2) is 17.2 Å². The van der Waals surface area contributed by atoms with Crippen LogP contribution in [0.2, 0.25) is 0 Å². The van der Waals surface area contributed by atoms with Crippen molar-refractivity contribution in [2.24, 2.45) is 0 Å². The summed E-state index contributed by atoms with van der Waals surface area (Å²) in [5.74, 6) is -2.59. The molecule has 1 aliphatic rings. The highest BCUT2D eigenvalue weighted by atomic mass is 32.2. The monoisotopic (exact) mass is 470 g/mol. The molecule has 1 saturated heterocycles. The average Bonchev–Trinajstić information content (AvgIpc) is 2.85. The molecule has 1 aliphatic heterocycles. The van der Waals surface area contributed by atoms with Gasteiger partial charge in [0.05, 0.1) is 5.56 Å². The second-order valence-electron chi connectivity index (χ2n) is 7.51. The highest BCUT2D eigenvalue weighted by molar-refractivity contribution is 7.89. The zero-order valence-corrected chi connectivity index (χ0v) is 18.3. The first-order valence-corrected chi connectivity index (χ1v) is 11.7. The second-order valence-corrected chi connectivity index (χ2v) is 9.42. The Morgan fingerprint density at radius 1 is 0.758 bits per heavy atom. The number of carbonyl (C=O) groups is 2. The summed E-state index contributed by atoms with van der Waals surface area (Å²) in [4.78, 5) is 26.8. The molecule has 0 spiro atoms. The minimum atomic E-state index is -4.26. The predicted octanol–water partition coefficient (Wildman–Crippen LogP) is 3.34. The van der Waals surface area contributed by atoms with Crippen LogP contribution in [0.3, 0.4) is 0 Å². The topological polar surface area (TPSA) is 74.8 Å². The smallest absolute Gasteiger partial charge is 0.254 e. The van der Waals surface area contributed by atoms with Gasteiger partial charge >= 0.3 is 0 Å². The van der Waals surface area contributed by atoms with Gasteiger partial charge in [0, 0.05) is 37.3 Å². The van der Waals surface area contributed by atoms with Crippen LogP contribution >= 0.6 is 0 Å². The summed E-state index contributed by atoms with van der Waals surface area (Å²) < 4.78 is 54.1. The standard InChI is InChI=1S/C24H20F2N2O4S/c25-18-10-11-21(26)22(16-18)33(31,32)28-14-12-27(13-15-28)24(30)20-9-5-4-8-19(20)23(29)17-6-2-1-3-7-17/h1-11,16H,12-15H2. The molecule has 0 atom stereocenters. The summed E-state index contributed by atoms with van der Waals surface area (Å²) in [6.07, 6.45) is 0. The molecule has 3 aromatic rings. The molecule has 4 rings (SSSR count). The minimum Gasteiger partial charge on any atom is -0.336 e. The van der Waals surface area contributed by atoms with Crippen LogP contribution in [0.15, 0.2) is 77.7 Å². The first-order valence-electron chi connectivity index (χ1n) is 10.2. The summed E-state index contributed by atoms with van der Waals surface area (Å²) in [6, 6.07) is 17.3. The van der Waals surface area contributed by atoms with Crippen LogP contribution in [0.25, 0.3) is 0 Å². The van der Waals surface area contributed by atoms with Crippen molar-refractivity contribution in [2.45, 2.75) is 4.90 Å². The van der Waals surface area contributed by atoms with Crippen molar-refractivity contribution in [1.82, 2.24) is 9.21 Å². The number of piperazine rings is 1. The Morgan fingerprint density at radius 2 is 1.36 bits per heavy atom. The molecule has 1 heterocycles. The zero-order valence-electron chi connectivity index (χ0n) is 17.4. The van der Waals surface area contributed by atoms with Crippen LogP contribution in [-0.2, 0) is 10.0 Å². The number of rotatable bonds is 5. The Balaban J connectivity index is 1.52. The Kier molecular flexibility index (Phi) is 6.35. The average molecular weight is 470 g/mol. The van der Waals surface area contributed by atoms with Crippen LogP contribution in [0.1, 0.15) is 26.3 Å². The lowest BCUT2D eigenvalue weighted by atomic mass is 9.97. The van der Waals surface area contributed by atoms with E-state index in [1.807, 2.05) is 0 Å². The predicted molar refractivity (Wildman–Crippen MR) is 117 cm³/mol. The first kappa shape index (κ1) is 22.8. The van der Waals surface area contributed by atoms with E-state index >= 15 is 0 Å². The van der Waals surface area contributed by atoms with Crippen molar-refractivity contribution in [1.29, 1.82) is 0 Å². The van der Waals surface area contributed by atoms with E-state index in [0.29, 0.717) is 11.6 Å². The molecule has 6 nitrogen and oxygen atoms in total. The van der Waals surface area contributed by atoms with Gasteiger partial charge in [0.1, 0.15) is 16.5 Å². The van der Waals surface area contributed by atoms with Crippen molar-refractivity contribution in [2.75, 3.05) is 26.2 Å². The van der Waals surface area contributed by atoms with Gasteiger partial charge in [0.25, 0.3) is 5.91 Å². The number of hydrogen-bond donors (Lipinski definition) is 0. The molecule has 170 valence electrons. The largest absolute Gasteiger partial charge is 0.336 e. The summed E-state index contributed by atoms with van der Waals surface area (Å²) in [7, 11) is -4.26. The lowest BCUT2D eigenvalue weighted by molar-refractivity contribution is 0.0694. The highest BCUT2D eigenvalue weighted by Crippen LogP contribution is 2.23. The number of amides is 1. The Morgan fingerprint density at radius 3 is 2.03 bits per heavy atom. The molecule has 0 bridgehead atoms. The Labute approximate surface area is 190 Å². The van der Waals surface area contributed by atoms with Crippen molar-refractivity contribution < 1.29 is 26.8 Å². The Bertz CT molecular complexity index is 1310. The maximum atomic E-state index is 14.0. The molecule has 33 heavy (non-hydrogen) atoms. The number of benzene rings is 3. The van der Waals surface area contributed by atoms with Gasteiger partial charge in [0.15, 0.2) is 5.78 Å². The molecule has 3 aromatic carbocycles. The second kappa shape index (κ2) is 9.21. The SMILES string of the molecule is O=C(c1ccccc1)c1ccccc1C(=O)N1CCN(S(=O)(=O)c2cc(F)ccc2F)CC1. The normalized spacial score (nSPS) is 14.8. The van der Waals surface area contributed by atoms with Gasteiger partial charge in [-0.3, -0.25) is 9.59 Å². The maximum Gasteiger partial charge on any atom is 0.254 e. The number of sulfonamides is 1. The molecule has 0 aromatic heterocycles. The maximum absolute atomic E-state index is 14.0. The van der Waals surface area contributed by atoms with Crippen LogP contribution in [0.5, 0.6) is 0 Å². The van der Waals surface area contributed by atoms with Gasteiger partial charge in [-0.2, -0.15) is 4.31 Å². The first-order chi connectivity index (χ1) is 15.8. The Hall–Kier alpha value is -3.43. The molecule has 0 N–H and O–H groups in total. The van der Waals surface area contributed by atoms with Gasteiger partial charge in [-0.1, -0.05) is 48.5 Å². The van der Waals surface area contributed by atoms with Crippen LogP contribution < -0.4 is 0 Å². The fourth-order valence-corrected chi connectivity index (χ4v) is 5.23. The molecule has 0 unspecified atom stereocenters. The number of nitrogens with zero attached hydrogens (tertiary/aromatic N) is 2. The van der Waals surface area contributed by atoms with E-state index in [1.165, 1.54) is 4.90 Å². The van der Waals surface area contributed by atoms with E-state index in [9.17, 15) is 26.8 Å². The summed E-state index contributed by atoms with van der Waals surface area (Å²) in [6.45, 7) is -0.0800. The molecular formula is C24H20F2N2O4S. The molecule has 0 saturated carbocycles. The molecule has 9 heteroatoms. The summed E-state index contributed by atoms with van der Waals surface area (Å²) >= 11 is 0. The number of carbonyl (C=O) groups excluding carboxylic acids is 2. The van der Waals surface area contributed by atoms with E-state index in [-0.39, 0.29) is 43.1 Å². The number of ketones is 1. The zero-order chi connectivity index (χ0) is 23.6. The van der Waals surface area contributed by atoms with Crippen molar-refractivity contribution in [3.8, 4) is 0 Å². The van der Waals surface area contributed by atoms with Gasteiger partial charge in [0.2, 0.25) is 10.0 Å². The van der Waals surface area contributed by atoms with E-state index in [1.54, 1.807) is 54.6 Å². The fraction of sp³-hybridized carbons (Fsp3) is 0.167. The lowest BCUT2D eigenvalue weighted by Crippen LogP contribution is -2.50. The van der Waals surface area contributed by atoms with Gasteiger partial charge in [-0.15, -0.1) is 0 Å². The van der Waals surface area contributed by atoms with E-state index < -0.39 is 32.5 Å². The van der Waals surface area contributed by atoms with Crippen molar-refractivity contribution in [3.05, 3.63) is 101 Å². The molecular weight excluding hydrogens is 450 g/mol. The van der Waals surface area contributed by atoms with Crippen molar-refractivity contribution >= 4 is 21.7 Å². The summed E-state index contributed by atoms with van der Waals surface area (Å²) in [5.41, 5.74) is 0.926. The van der Waals surface area contributed by atoms with Crippen LogP contribution in [0, 0.1) is 11.6 Å². The fourth-order valence-electron chi connectivity index (χ4n) is 3.73. The van der Waals surface area contributed by atoms with E-state index in [2.05, 4.69) is 0 Å². The molecule has 1 fully saturated rings. The summed E-state index contributed by atoms with van der Waals surface area (Å²) in [5, 5.41) is 0. The number of hydrogen-bond acceptors (Lipinski definition) is 4. The molecule has 1 amide bonds. The van der Waals surface area contributed by atoms with Crippen LogP contribution in [-0.4, -0.2) is 55.5 Å². The quantitative estimate of drug-likeness (QED) is 0.536. The van der Waals surface area contributed by atoms with E-state index in [4.69, 9.17) is 0 Å². The van der Waals surface area contributed by atoms with Crippen LogP contribution in [0.4, 0.5) is 8.78 Å². The lowest BCUT2D eigenvalue weighted by Gasteiger charge is -2.34.